The van der Waals surface area contributed by atoms with Gasteiger partial charge in [0, 0.05) is 11.3 Å². The second kappa shape index (κ2) is 5.55. The molecule has 1 aliphatic rings. The standard InChI is InChI=1S/C12H25NOS/c1-11(2,14)8-9-13-10-12(15-3)6-4-5-7-12/h13-14H,4-10H2,1-3H3. The summed E-state index contributed by atoms with van der Waals surface area (Å²) in [5, 5.41) is 13.1. The molecule has 0 atom stereocenters. The highest BCUT2D eigenvalue weighted by molar-refractivity contribution is 8.00. The normalized spacial score (nSPS) is 20.8. The van der Waals surface area contributed by atoms with E-state index in [2.05, 4.69) is 11.6 Å². The molecule has 3 heteroatoms. The Morgan fingerprint density at radius 3 is 2.40 bits per heavy atom. The Bertz CT molecular complexity index is 183. The Hall–Kier alpha value is 0.270. The van der Waals surface area contributed by atoms with Gasteiger partial charge in [-0.05, 0) is 45.9 Å². The second-order valence-electron chi connectivity index (χ2n) is 5.33. The zero-order valence-electron chi connectivity index (χ0n) is 10.3. The smallest absolute Gasteiger partial charge is 0.0603 e. The van der Waals surface area contributed by atoms with Crippen molar-refractivity contribution >= 4 is 11.8 Å². The third-order valence-corrected chi connectivity index (χ3v) is 4.73. The van der Waals surface area contributed by atoms with E-state index >= 15 is 0 Å². The van der Waals surface area contributed by atoms with Crippen LogP contribution in [0.5, 0.6) is 0 Å². The van der Waals surface area contributed by atoms with E-state index in [1.807, 2.05) is 25.6 Å². The van der Waals surface area contributed by atoms with Crippen LogP contribution in [0.2, 0.25) is 0 Å². The fourth-order valence-corrected chi connectivity index (χ4v) is 3.13. The molecule has 2 N–H and O–H groups in total. The maximum Gasteiger partial charge on any atom is 0.0603 e. The molecule has 0 heterocycles. The Morgan fingerprint density at radius 2 is 1.93 bits per heavy atom. The zero-order valence-corrected chi connectivity index (χ0v) is 11.1. The molecule has 0 unspecified atom stereocenters. The van der Waals surface area contributed by atoms with Gasteiger partial charge >= 0.3 is 0 Å². The highest BCUT2D eigenvalue weighted by atomic mass is 32.2. The van der Waals surface area contributed by atoms with E-state index in [1.54, 1.807) is 0 Å². The average Bonchev–Trinajstić information content (AvgIpc) is 2.60. The molecule has 0 aliphatic heterocycles. The lowest BCUT2D eigenvalue weighted by Crippen LogP contribution is -2.37. The molecule has 90 valence electrons. The Morgan fingerprint density at radius 1 is 1.33 bits per heavy atom. The van der Waals surface area contributed by atoms with Gasteiger partial charge in [0.1, 0.15) is 0 Å². The molecule has 0 amide bonds. The fraction of sp³-hybridized carbons (Fsp3) is 1.00. The number of hydrogen-bond donors (Lipinski definition) is 2. The van der Waals surface area contributed by atoms with Gasteiger partial charge in [-0.3, -0.25) is 0 Å². The van der Waals surface area contributed by atoms with Crippen LogP contribution >= 0.6 is 11.8 Å². The summed E-state index contributed by atoms with van der Waals surface area (Å²) in [7, 11) is 0. The van der Waals surface area contributed by atoms with Crippen molar-refractivity contribution in [2.24, 2.45) is 0 Å². The second-order valence-corrected chi connectivity index (χ2v) is 6.61. The van der Waals surface area contributed by atoms with Crippen LogP contribution in [-0.4, -0.2) is 34.8 Å². The quantitative estimate of drug-likeness (QED) is 0.689. The van der Waals surface area contributed by atoms with E-state index in [1.165, 1.54) is 25.7 Å². The van der Waals surface area contributed by atoms with Gasteiger partial charge in [-0.1, -0.05) is 12.8 Å². The maximum absolute atomic E-state index is 9.59. The molecule has 0 bridgehead atoms. The van der Waals surface area contributed by atoms with E-state index in [0.717, 1.165) is 19.5 Å². The lowest BCUT2D eigenvalue weighted by atomic mass is 10.0. The van der Waals surface area contributed by atoms with E-state index < -0.39 is 5.60 Å². The summed E-state index contributed by atoms with van der Waals surface area (Å²) < 4.78 is 0.486. The number of aliphatic hydroxyl groups is 1. The van der Waals surface area contributed by atoms with E-state index in [-0.39, 0.29) is 0 Å². The first-order chi connectivity index (χ1) is 6.97. The van der Waals surface area contributed by atoms with Gasteiger partial charge in [-0.2, -0.15) is 11.8 Å². The van der Waals surface area contributed by atoms with E-state index in [9.17, 15) is 5.11 Å². The first-order valence-corrected chi connectivity index (χ1v) is 7.18. The average molecular weight is 231 g/mol. The van der Waals surface area contributed by atoms with Gasteiger partial charge in [0.25, 0.3) is 0 Å². The molecular formula is C12H25NOS. The van der Waals surface area contributed by atoms with E-state index in [0.29, 0.717) is 4.75 Å². The minimum absolute atomic E-state index is 0.486. The van der Waals surface area contributed by atoms with Gasteiger partial charge in [0.2, 0.25) is 0 Å². The molecule has 0 saturated heterocycles. The van der Waals surface area contributed by atoms with Crippen LogP contribution in [0.15, 0.2) is 0 Å². The summed E-state index contributed by atoms with van der Waals surface area (Å²) in [6.07, 6.45) is 8.52. The molecule has 1 fully saturated rings. The fourth-order valence-electron chi connectivity index (χ4n) is 2.18. The summed E-state index contributed by atoms with van der Waals surface area (Å²) in [6, 6.07) is 0. The molecule has 15 heavy (non-hydrogen) atoms. The topological polar surface area (TPSA) is 32.3 Å². The largest absolute Gasteiger partial charge is 0.390 e. The van der Waals surface area contributed by atoms with Crippen LogP contribution in [-0.2, 0) is 0 Å². The van der Waals surface area contributed by atoms with Gasteiger partial charge in [0.15, 0.2) is 0 Å². The monoisotopic (exact) mass is 231 g/mol. The van der Waals surface area contributed by atoms with Gasteiger partial charge in [-0.15, -0.1) is 0 Å². The third-order valence-electron chi connectivity index (χ3n) is 3.31. The molecule has 2 nitrogen and oxygen atoms in total. The number of thioether (sulfide) groups is 1. The Labute approximate surface area is 98.2 Å². The minimum atomic E-state index is -0.533. The van der Waals surface area contributed by atoms with Gasteiger partial charge in [0.05, 0.1) is 5.60 Å². The van der Waals surface area contributed by atoms with Crippen LogP contribution in [0.3, 0.4) is 0 Å². The van der Waals surface area contributed by atoms with Crippen LogP contribution < -0.4 is 5.32 Å². The molecule has 0 aromatic carbocycles. The molecule has 0 aromatic rings. The van der Waals surface area contributed by atoms with Crippen LogP contribution in [0, 0.1) is 0 Å². The van der Waals surface area contributed by atoms with Crippen molar-refractivity contribution in [3.63, 3.8) is 0 Å². The molecule has 1 saturated carbocycles. The van der Waals surface area contributed by atoms with Crippen molar-refractivity contribution in [3.8, 4) is 0 Å². The molecule has 0 radical (unpaired) electrons. The molecular weight excluding hydrogens is 206 g/mol. The summed E-state index contributed by atoms with van der Waals surface area (Å²) in [4.78, 5) is 0. The van der Waals surface area contributed by atoms with Crippen molar-refractivity contribution < 1.29 is 5.11 Å². The predicted octanol–water partition coefficient (Wildman–Crippen LogP) is 2.41. The van der Waals surface area contributed by atoms with E-state index in [4.69, 9.17) is 0 Å². The molecule has 1 rings (SSSR count). The lowest BCUT2D eigenvalue weighted by molar-refractivity contribution is 0.0711. The molecule has 0 spiro atoms. The SMILES string of the molecule is CSC1(CNCCC(C)(C)O)CCCC1. The predicted molar refractivity (Wildman–Crippen MR) is 68.5 cm³/mol. The van der Waals surface area contributed by atoms with Crippen molar-refractivity contribution in [2.75, 3.05) is 19.3 Å². The summed E-state index contributed by atoms with van der Waals surface area (Å²) in [6.45, 7) is 5.76. The number of rotatable bonds is 6. The third kappa shape index (κ3) is 4.75. The van der Waals surface area contributed by atoms with Gasteiger partial charge in [-0.25, -0.2) is 0 Å². The minimum Gasteiger partial charge on any atom is -0.390 e. The highest BCUT2D eigenvalue weighted by Gasteiger charge is 2.32. The Balaban J connectivity index is 2.18. The van der Waals surface area contributed by atoms with Crippen LogP contribution in [0.1, 0.15) is 46.0 Å². The first-order valence-electron chi connectivity index (χ1n) is 5.96. The van der Waals surface area contributed by atoms with Crippen molar-refractivity contribution in [3.05, 3.63) is 0 Å². The van der Waals surface area contributed by atoms with Crippen molar-refractivity contribution in [1.82, 2.24) is 5.32 Å². The zero-order chi connectivity index (χ0) is 11.4. The first kappa shape index (κ1) is 13.3. The number of nitrogens with one attached hydrogen (secondary N) is 1. The van der Waals surface area contributed by atoms with Crippen LogP contribution in [0.25, 0.3) is 0 Å². The lowest BCUT2D eigenvalue weighted by Gasteiger charge is -2.28. The summed E-state index contributed by atoms with van der Waals surface area (Å²) in [5.41, 5.74) is -0.533. The highest BCUT2D eigenvalue weighted by Crippen LogP contribution is 2.39. The van der Waals surface area contributed by atoms with Crippen LogP contribution in [0.4, 0.5) is 0 Å². The summed E-state index contributed by atoms with van der Waals surface area (Å²) >= 11 is 2.01. The molecule has 1 aliphatic carbocycles. The summed E-state index contributed by atoms with van der Waals surface area (Å²) in [5.74, 6) is 0. The van der Waals surface area contributed by atoms with Gasteiger partial charge < -0.3 is 10.4 Å². The van der Waals surface area contributed by atoms with Crippen molar-refractivity contribution in [1.29, 1.82) is 0 Å². The molecule has 0 aromatic heterocycles. The Kier molecular flexibility index (Phi) is 4.94. The van der Waals surface area contributed by atoms with Crippen molar-refractivity contribution in [2.45, 2.75) is 56.3 Å². The maximum atomic E-state index is 9.59. The number of hydrogen-bond acceptors (Lipinski definition) is 3.